The van der Waals surface area contributed by atoms with Crippen LogP contribution in [-0.2, 0) is 29.0 Å². The Balaban J connectivity index is 1.60. The lowest BCUT2D eigenvalue weighted by atomic mass is 10.0. The summed E-state index contributed by atoms with van der Waals surface area (Å²) in [7, 11) is 3.24. The van der Waals surface area contributed by atoms with Crippen LogP contribution in [-0.4, -0.2) is 37.5 Å². The van der Waals surface area contributed by atoms with Crippen LogP contribution in [0.25, 0.3) is 0 Å². The van der Waals surface area contributed by atoms with Gasteiger partial charge in [-0.05, 0) is 65.1 Å². The molecule has 0 aliphatic rings. The minimum absolute atomic E-state index is 0.135. The molecular weight excluding hydrogens is 524 g/mol. The number of carbonyl (C=O) groups is 2. The van der Waals surface area contributed by atoms with Crippen molar-refractivity contribution < 1.29 is 19.1 Å². The first-order valence-electron chi connectivity index (χ1n) is 13.1. The van der Waals surface area contributed by atoms with Gasteiger partial charge >= 0.3 is 0 Å². The highest BCUT2D eigenvalue weighted by Crippen LogP contribution is 2.26. The lowest BCUT2D eigenvalue weighted by molar-refractivity contribution is -0.141. The molecule has 0 saturated carbocycles. The zero-order chi connectivity index (χ0) is 28.3. The summed E-state index contributed by atoms with van der Waals surface area (Å²) in [5.74, 6) is 1.10. The first kappa shape index (κ1) is 28.7. The van der Waals surface area contributed by atoms with Gasteiger partial charge in [-0.2, -0.15) is 0 Å². The monoisotopic (exact) mass is 556 g/mol. The molecule has 4 aromatic carbocycles. The van der Waals surface area contributed by atoms with Crippen molar-refractivity contribution in [3.8, 4) is 11.5 Å². The molecule has 40 heavy (non-hydrogen) atoms. The van der Waals surface area contributed by atoms with Crippen molar-refractivity contribution in [1.82, 2.24) is 10.2 Å². The van der Waals surface area contributed by atoms with Crippen LogP contribution in [0.5, 0.6) is 11.5 Å². The summed E-state index contributed by atoms with van der Waals surface area (Å²) in [5.41, 5.74) is 3.52. The third kappa shape index (κ3) is 7.87. The molecule has 0 bridgehead atoms. The second-order valence-electron chi connectivity index (χ2n) is 9.38. The number of methoxy groups -OCH3 is 2. The minimum atomic E-state index is -0.820. The number of rotatable bonds is 12. The number of carbonyl (C=O) groups excluding carboxylic acids is 2. The summed E-state index contributed by atoms with van der Waals surface area (Å²) in [5, 5.41) is 3.67. The van der Waals surface area contributed by atoms with E-state index < -0.39 is 6.04 Å². The molecule has 4 aromatic rings. The van der Waals surface area contributed by atoms with Crippen LogP contribution in [0, 0.1) is 0 Å². The van der Waals surface area contributed by atoms with Crippen LogP contribution in [0.2, 0.25) is 5.02 Å². The number of nitrogens with zero attached hydrogens (tertiary/aromatic N) is 1. The topological polar surface area (TPSA) is 67.9 Å². The molecule has 0 heterocycles. The molecule has 206 valence electrons. The van der Waals surface area contributed by atoms with Gasteiger partial charge in [0.2, 0.25) is 11.8 Å². The lowest BCUT2D eigenvalue weighted by Crippen LogP contribution is -2.44. The van der Waals surface area contributed by atoms with Gasteiger partial charge in [0.15, 0.2) is 0 Å². The third-order valence-corrected chi connectivity index (χ3v) is 6.90. The Bertz CT molecular complexity index is 1380. The van der Waals surface area contributed by atoms with Gasteiger partial charge in [-0.15, -0.1) is 0 Å². The average molecular weight is 557 g/mol. The second-order valence-corrected chi connectivity index (χ2v) is 9.81. The molecule has 4 rings (SSSR count). The fraction of sp³-hybridized carbons (Fsp3) is 0.212. The molecule has 0 fully saturated rings. The quantitative estimate of drug-likeness (QED) is 0.231. The van der Waals surface area contributed by atoms with E-state index in [1.54, 1.807) is 31.3 Å². The zero-order valence-corrected chi connectivity index (χ0v) is 23.4. The first-order chi connectivity index (χ1) is 19.5. The summed E-state index contributed by atoms with van der Waals surface area (Å²) in [6.07, 6.45) is 0.782. The van der Waals surface area contributed by atoms with E-state index in [0.29, 0.717) is 18.0 Å². The molecule has 0 aliphatic carbocycles. The maximum atomic E-state index is 13.9. The first-order valence-corrected chi connectivity index (χ1v) is 13.5. The molecular formula is C33H33ClN2O4. The fourth-order valence-corrected chi connectivity index (χ4v) is 4.58. The number of benzene rings is 4. The van der Waals surface area contributed by atoms with Gasteiger partial charge in [0.05, 0.1) is 20.6 Å². The van der Waals surface area contributed by atoms with Gasteiger partial charge in [-0.3, -0.25) is 9.59 Å². The van der Waals surface area contributed by atoms with E-state index in [1.807, 2.05) is 91.0 Å². The van der Waals surface area contributed by atoms with Gasteiger partial charge in [0.25, 0.3) is 0 Å². The van der Waals surface area contributed by atoms with Crippen molar-refractivity contribution in [3.05, 3.63) is 130 Å². The highest BCUT2D eigenvalue weighted by atomic mass is 35.5. The Hall–Kier alpha value is -4.29. The lowest BCUT2D eigenvalue weighted by Gasteiger charge is -2.32. The molecule has 1 N–H and O–H groups in total. The molecule has 0 saturated heterocycles. The maximum Gasteiger partial charge on any atom is 0.247 e. The highest BCUT2D eigenvalue weighted by molar-refractivity contribution is 6.30. The second kappa shape index (κ2) is 14.2. The Labute approximate surface area is 240 Å². The molecule has 0 unspecified atom stereocenters. The molecule has 0 radical (unpaired) electrons. The van der Waals surface area contributed by atoms with E-state index in [-0.39, 0.29) is 24.8 Å². The smallest absolute Gasteiger partial charge is 0.247 e. The van der Waals surface area contributed by atoms with Crippen LogP contribution >= 0.6 is 11.6 Å². The van der Waals surface area contributed by atoms with Crippen LogP contribution in [0.15, 0.2) is 103 Å². The van der Waals surface area contributed by atoms with E-state index >= 15 is 0 Å². The maximum absolute atomic E-state index is 13.9. The average Bonchev–Trinajstić information content (AvgIpc) is 2.99. The Morgan fingerprint density at radius 2 is 1.30 bits per heavy atom. The van der Waals surface area contributed by atoms with Crippen molar-refractivity contribution in [2.24, 2.45) is 0 Å². The molecule has 7 heteroatoms. The van der Waals surface area contributed by atoms with Crippen molar-refractivity contribution in [2.75, 3.05) is 20.8 Å². The van der Waals surface area contributed by atoms with Gasteiger partial charge in [-0.1, -0.05) is 78.3 Å². The van der Waals surface area contributed by atoms with Crippen LogP contribution < -0.4 is 14.8 Å². The molecule has 0 spiro atoms. The number of halogens is 1. The molecule has 6 nitrogen and oxygen atoms in total. The van der Waals surface area contributed by atoms with Crippen LogP contribution in [0.4, 0.5) is 0 Å². The van der Waals surface area contributed by atoms with E-state index in [9.17, 15) is 9.59 Å². The SMILES string of the molecule is COc1ccc(CCNC(=O)[C@@H](c2ccccc2)N(Cc2ccc(OC)cc2)C(=O)Cc2ccc(Cl)cc2)cc1. The van der Waals surface area contributed by atoms with Gasteiger partial charge in [-0.25, -0.2) is 0 Å². The van der Waals surface area contributed by atoms with Gasteiger partial charge < -0.3 is 19.7 Å². The molecule has 2 amide bonds. The van der Waals surface area contributed by atoms with E-state index in [1.165, 1.54) is 0 Å². The van der Waals surface area contributed by atoms with Gasteiger partial charge in [0.1, 0.15) is 17.5 Å². The highest BCUT2D eigenvalue weighted by Gasteiger charge is 2.31. The summed E-state index contributed by atoms with van der Waals surface area (Å²) in [4.78, 5) is 29.3. The van der Waals surface area contributed by atoms with Gasteiger partial charge in [0, 0.05) is 18.1 Å². The predicted octanol–water partition coefficient (Wildman–Crippen LogP) is 6.03. The van der Waals surface area contributed by atoms with Crippen molar-refractivity contribution in [1.29, 1.82) is 0 Å². The minimum Gasteiger partial charge on any atom is -0.497 e. The van der Waals surface area contributed by atoms with Crippen LogP contribution in [0.3, 0.4) is 0 Å². The Morgan fingerprint density at radius 3 is 1.88 bits per heavy atom. The number of hydrogen-bond acceptors (Lipinski definition) is 4. The standard InChI is InChI=1S/C33H33ClN2O4/c1-39-29-16-10-24(11-17-29)20-21-35-33(38)32(27-6-4-3-5-7-27)36(23-26-12-18-30(40-2)19-13-26)31(37)22-25-8-14-28(34)15-9-25/h3-19,32H,20-23H2,1-2H3,(H,35,38)/t32-/m1/s1. The summed E-state index contributed by atoms with van der Waals surface area (Å²) in [6, 6.07) is 31.0. The Kier molecular flexibility index (Phi) is 10.2. The van der Waals surface area contributed by atoms with E-state index in [4.69, 9.17) is 21.1 Å². The number of amides is 2. The number of ether oxygens (including phenoxy) is 2. The summed E-state index contributed by atoms with van der Waals surface area (Å²) in [6.45, 7) is 0.679. The normalized spacial score (nSPS) is 11.4. The predicted molar refractivity (Wildman–Crippen MR) is 158 cm³/mol. The summed E-state index contributed by atoms with van der Waals surface area (Å²) >= 11 is 6.06. The van der Waals surface area contributed by atoms with Crippen LogP contribution in [0.1, 0.15) is 28.3 Å². The number of nitrogens with one attached hydrogen (secondary N) is 1. The van der Waals surface area contributed by atoms with E-state index in [0.717, 1.165) is 33.8 Å². The fourth-order valence-electron chi connectivity index (χ4n) is 4.46. The molecule has 1 atom stereocenters. The Morgan fingerprint density at radius 1 is 0.750 bits per heavy atom. The molecule has 0 aromatic heterocycles. The summed E-state index contributed by atoms with van der Waals surface area (Å²) < 4.78 is 10.5. The van der Waals surface area contributed by atoms with Crippen molar-refractivity contribution in [3.63, 3.8) is 0 Å². The molecule has 0 aliphatic heterocycles. The third-order valence-electron chi connectivity index (χ3n) is 6.65. The van der Waals surface area contributed by atoms with Crippen molar-refractivity contribution in [2.45, 2.75) is 25.4 Å². The number of hydrogen-bond donors (Lipinski definition) is 1. The largest absolute Gasteiger partial charge is 0.497 e. The zero-order valence-electron chi connectivity index (χ0n) is 22.7. The van der Waals surface area contributed by atoms with Crippen molar-refractivity contribution >= 4 is 23.4 Å². The van der Waals surface area contributed by atoms with E-state index in [2.05, 4.69) is 5.32 Å².